The Morgan fingerprint density at radius 1 is 1.45 bits per heavy atom. The number of nitrogens with one attached hydrogen (secondary N) is 1. The molecule has 1 aromatic rings. The highest BCUT2D eigenvalue weighted by molar-refractivity contribution is 7.12. The zero-order valence-corrected chi connectivity index (χ0v) is 12.6. The molecule has 0 saturated carbocycles. The van der Waals surface area contributed by atoms with E-state index in [2.05, 4.69) is 10.2 Å². The third-order valence-electron chi connectivity index (χ3n) is 4.03. The van der Waals surface area contributed by atoms with Crippen molar-refractivity contribution in [3.8, 4) is 0 Å². The van der Waals surface area contributed by atoms with Gasteiger partial charge in [-0.2, -0.15) is 0 Å². The Hall–Kier alpha value is -1.40. The lowest BCUT2D eigenvalue weighted by atomic mass is 10.1. The second-order valence-corrected chi connectivity index (χ2v) is 6.98. The van der Waals surface area contributed by atoms with Crippen molar-refractivity contribution in [1.82, 2.24) is 15.1 Å². The van der Waals surface area contributed by atoms with Gasteiger partial charge < -0.3 is 10.2 Å². The molecule has 0 aromatic carbocycles. The molecule has 3 heterocycles. The Morgan fingerprint density at radius 3 is 2.95 bits per heavy atom. The van der Waals surface area contributed by atoms with Crippen LogP contribution in [-0.4, -0.2) is 60.4 Å². The number of ketones is 1. The number of fused-ring (bicyclic) bond motifs is 1. The lowest BCUT2D eigenvalue weighted by molar-refractivity contribution is 0.0838. The predicted octanol–water partition coefficient (Wildman–Crippen LogP) is 1.26. The molecule has 1 unspecified atom stereocenters. The van der Waals surface area contributed by atoms with Gasteiger partial charge in [-0.1, -0.05) is 0 Å². The molecule has 2 fully saturated rings. The molecule has 3 rings (SSSR count). The second kappa shape index (κ2) is 5.18. The minimum absolute atomic E-state index is 0.0327. The minimum atomic E-state index is 0.0327. The Balaban J connectivity index is 1.63. The summed E-state index contributed by atoms with van der Waals surface area (Å²) in [7, 11) is 0. The first-order chi connectivity index (χ1) is 9.54. The van der Waals surface area contributed by atoms with Crippen LogP contribution in [0.15, 0.2) is 6.07 Å². The van der Waals surface area contributed by atoms with E-state index in [1.165, 1.54) is 4.88 Å². The molecule has 0 radical (unpaired) electrons. The summed E-state index contributed by atoms with van der Waals surface area (Å²) in [6.45, 7) is 7.46. The van der Waals surface area contributed by atoms with Gasteiger partial charge in [-0.05, 0) is 19.9 Å². The number of nitrogens with zero attached hydrogens (tertiary/aromatic N) is 2. The average Bonchev–Trinajstić information content (AvgIpc) is 2.93. The van der Waals surface area contributed by atoms with Crippen LogP contribution in [0.2, 0.25) is 0 Å². The monoisotopic (exact) mass is 293 g/mol. The Kier molecular flexibility index (Phi) is 3.52. The van der Waals surface area contributed by atoms with Crippen molar-refractivity contribution in [2.24, 2.45) is 0 Å². The van der Waals surface area contributed by atoms with Crippen LogP contribution in [0, 0.1) is 13.8 Å². The Labute approximate surface area is 122 Å². The number of Topliss-reactive ketones (excluding diaryl/α,β-unsaturated/α-hetero) is 1. The largest absolute Gasteiger partial charge is 0.336 e. The number of piperazine rings is 1. The molecule has 1 N–H and O–H groups in total. The van der Waals surface area contributed by atoms with Crippen molar-refractivity contribution < 1.29 is 9.59 Å². The molecule has 2 aliphatic rings. The average molecular weight is 293 g/mol. The van der Waals surface area contributed by atoms with Crippen LogP contribution in [0.1, 0.15) is 20.1 Å². The van der Waals surface area contributed by atoms with Crippen LogP contribution in [-0.2, 0) is 0 Å². The summed E-state index contributed by atoms with van der Waals surface area (Å²) in [6, 6.07) is 2.24. The van der Waals surface area contributed by atoms with E-state index in [1.807, 2.05) is 24.8 Å². The zero-order chi connectivity index (χ0) is 14.3. The van der Waals surface area contributed by atoms with Crippen molar-refractivity contribution in [2.45, 2.75) is 19.9 Å². The highest BCUT2D eigenvalue weighted by atomic mass is 32.1. The molecule has 2 saturated heterocycles. The standard InChI is InChI=1S/C14H19N3O2S/c1-9-5-12(10(2)20-9)13(18)8-16-3-4-17-11(7-16)6-15-14(17)19/h5,11H,3-4,6-8H2,1-2H3,(H,15,19). The van der Waals surface area contributed by atoms with Crippen molar-refractivity contribution >= 4 is 23.2 Å². The number of carbonyl (C=O) groups is 2. The summed E-state index contributed by atoms with van der Waals surface area (Å²) >= 11 is 1.67. The number of rotatable bonds is 3. The van der Waals surface area contributed by atoms with E-state index in [1.54, 1.807) is 11.3 Å². The Morgan fingerprint density at radius 2 is 2.25 bits per heavy atom. The van der Waals surface area contributed by atoms with Crippen LogP contribution in [0.4, 0.5) is 4.79 Å². The van der Waals surface area contributed by atoms with Gasteiger partial charge in [-0.15, -0.1) is 11.3 Å². The fourth-order valence-electron chi connectivity index (χ4n) is 3.01. The fourth-order valence-corrected chi connectivity index (χ4v) is 3.95. The van der Waals surface area contributed by atoms with Gasteiger partial charge in [0.05, 0.1) is 12.6 Å². The van der Waals surface area contributed by atoms with E-state index in [4.69, 9.17) is 0 Å². The fraction of sp³-hybridized carbons (Fsp3) is 0.571. The van der Waals surface area contributed by atoms with Crippen molar-refractivity contribution in [2.75, 3.05) is 32.7 Å². The van der Waals surface area contributed by atoms with Gasteiger partial charge in [0.1, 0.15) is 0 Å². The minimum Gasteiger partial charge on any atom is -0.336 e. The van der Waals surface area contributed by atoms with Gasteiger partial charge in [-0.3, -0.25) is 9.69 Å². The van der Waals surface area contributed by atoms with Crippen LogP contribution in [0.3, 0.4) is 0 Å². The van der Waals surface area contributed by atoms with Crippen molar-refractivity contribution in [3.05, 3.63) is 21.4 Å². The second-order valence-electron chi connectivity index (χ2n) is 5.52. The summed E-state index contributed by atoms with van der Waals surface area (Å²) in [5, 5.41) is 2.86. The number of hydrogen-bond acceptors (Lipinski definition) is 4. The normalized spacial score (nSPS) is 22.8. The molecule has 2 amide bonds. The van der Waals surface area contributed by atoms with Gasteiger partial charge in [-0.25, -0.2) is 4.79 Å². The number of aryl methyl sites for hydroxylation is 2. The maximum absolute atomic E-state index is 12.4. The van der Waals surface area contributed by atoms with Crippen molar-refractivity contribution in [1.29, 1.82) is 0 Å². The first-order valence-corrected chi connectivity index (χ1v) is 7.73. The number of amides is 2. The van der Waals surface area contributed by atoms with Crippen LogP contribution in [0.25, 0.3) is 0 Å². The van der Waals surface area contributed by atoms with E-state index in [9.17, 15) is 9.59 Å². The topological polar surface area (TPSA) is 52.7 Å². The summed E-state index contributed by atoms with van der Waals surface area (Å²) in [6.07, 6.45) is 0. The number of carbonyl (C=O) groups excluding carboxylic acids is 2. The quantitative estimate of drug-likeness (QED) is 0.854. The first-order valence-electron chi connectivity index (χ1n) is 6.91. The highest BCUT2D eigenvalue weighted by Crippen LogP contribution is 2.22. The summed E-state index contributed by atoms with van der Waals surface area (Å²) in [5.41, 5.74) is 0.857. The van der Waals surface area contributed by atoms with E-state index in [0.717, 1.165) is 23.5 Å². The first kappa shape index (κ1) is 13.6. The molecule has 20 heavy (non-hydrogen) atoms. The molecular formula is C14H19N3O2S. The number of urea groups is 1. The SMILES string of the molecule is Cc1cc(C(=O)CN2CCN3C(=O)NCC3C2)c(C)s1. The molecule has 5 nitrogen and oxygen atoms in total. The van der Waals surface area contributed by atoms with Crippen LogP contribution >= 0.6 is 11.3 Å². The molecule has 0 bridgehead atoms. The zero-order valence-electron chi connectivity index (χ0n) is 11.8. The molecule has 2 aliphatic heterocycles. The summed E-state index contributed by atoms with van der Waals surface area (Å²) in [5.74, 6) is 0.192. The van der Waals surface area contributed by atoms with E-state index < -0.39 is 0 Å². The number of hydrogen-bond donors (Lipinski definition) is 1. The molecule has 6 heteroatoms. The van der Waals surface area contributed by atoms with E-state index in [0.29, 0.717) is 19.6 Å². The predicted molar refractivity (Wildman–Crippen MR) is 78.5 cm³/mol. The van der Waals surface area contributed by atoms with Crippen LogP contribution in [0.5, 0.6) is 0 Å². The van der Waals surface area contributed by atoms with E-state index >= 15 is 0 Å². The third kappa shape index (κ3) is 2.45. The third-order valence-corrected chi connectivity index (χ3v) is 4.99. The smallest absolute Gasteiger partial charge is 0.317 e. The molecule has 1 atom stereocenters. The van der Waals surface area contributed by atoms with Crippen LogP contribution < -0.4 is 5.32 Å². The molecule has 0 aliphatic carbocycles. The summed E-state index contributed by atoms with van der Waals surface area (Å²) < 4.78 is 0. The lowest BCUT2D eigenvalue weighted by Gasteiger charge is -2.35. The van der Waals surface area contributed by atoms with Gasteiger partial charge in [0.2, 0.25) is 0 Å². The molecule has 108 valence electrons. The summed E-state index contributed by atoms with van der Waals surface area (Å²) in [4.78, 5) is 30.2. The molecule has 0 spiro atoms. The lowest BCUT2D eigenvalue weighted by Crippen LogP contribution is -2.53. The highest BCUT2D eigenvalue weighted by Gasteiger charge is 2.35. The van der Waals surface area contributed by atoms with Gasteiger partial charge in [0, 0.05) is 41.5 Å². The van der Waals surface area contributed by atoms with E-state index in [-0.39, 0.29) is 17.9 Å². The van der Waals surface area contributed by atoms with Gasteiger partial charge >= 0.3 is 6.03 Å². The maximum Gasteiger partial charge on any atom is 0.317 e. The van der Waals surface area contributed by atoms with Gasteiger partial charge in [0.15, 0.2) is 5.78 Å². The number of thiophene rings is 1. The Bertz CT molecular complexity index is 555. The molecular weight excluding hydrogens is 274 g/mol. The maximum atomic E-state index is 12.4. The molecule has 1 aromatic heterocycles. The van der Waals surface area contributed by atoms with Gasteiger partial charge in [0.25, 0.3) is 0 Å². The van der Waals surface area contributed by atoms with Crippen molar-refractivity contribution in [3.63, 3.8) is 0 Å².